The first-order valence-electron chi connectivity index (χ1n) is 8.33. The number of aromatic nitrogens is 5. The van der Waals surface area contributed by atoms with Crippen LogP contribution in [0.1, 0.15) is 0 Å². The molecular formula is C17H18N8O. The van der Waals surface area contributed by atoms with Crippen molar-refractivity contribution in [1.29, 1.82) is 0 Å². The lowest BCUT2D eigenvalue weighted by atomic mass is 10.3. The largest absolute Gasteiger partial charge is 0.352 e. The van der Waals surface area contributed by atoms with Gasteiger partial charge in [-0.05, 0) is 18.2 Å². The van der Waals surface area contributed by atoms with Crippen molar-refractivity contribution in [3.05, 3.63) is 55.4 Å². The van der Waals surface area contributed by atoms with Crippen LogP contribution in [-0.2, 0) is 0 Å². The predicted molar refractivity (Wildman–Crippen MR) is 96.2 cm³/mol. The molecule has 1 aliphatic heterocycles. The van der Waals surface area contributed by atoms with Crippen molar-refractivity contribution >= 4 is 17.5 Å². The van der Waals surface area contributed by atoms with Gasteiger partial charge in [0.25, 0.3) is 0 Å². The monoisotopic (exact) mass is 350 g/mol. The molecule has 1 saturated heterocycles. The normalized spacial score (nSPS) is 14.3. The summed E-state index contributed by atoms with van der Waals surface area (Å²) in [4.78, 5) is 29.3. The lowest BCUT2D eigenvalue weighted by molar-refractivity contribution is 0.208. The van der Waals surface area contributed by atoms with E-state index in [1.807, 2.05) is 12.1 Å². The summed E-state index contributed by atoms with van der Waals surface area (Å²) in [5.41, 5.74) is 0.623. The zero-order valence-electron chi connectivity index (χ0n) is 14.1. The molecule has 0 bridgehead atoms. The molecule has 0 unspecified atom stereocenters. The van der Waals surface area contributed by atoms with E-state index in [9.17, 15) is 4.79 Å². The molecule has 0 spiro atoms. The van der Waals surface area contributed by atoms with Crippen LogP contribution in [0.25, 0.3) is 5.82 Å². The van der Waals surface area contributed by atoms with Crippen molar-refractivity contribution in [3.63, 3.8) is 0 Å². The molecule has 0 saturated carbocycles. The molecule has 0 aromatic carbocycles. The van der Waals surface area contributed by atoms with Crippen molar-refractivity contribution in [2.75, 3.05) is 36.4 Å². The van der Waals surface area contributed by atoms with Gasteiger partial charge < -0.3 is 15.1 Å². The van der Waals surface area contributed by atoms with Crippen LogP contribution < -0.4 is 10.2 Å². The number of amides is 2. The van der Waals surface area contributed by atoms with E-state index in [2.05, 4.69) is 30.3 Å². The van der Waals surface area contributed by atoms with Crippen molar-refractivity contribution in [2.45, 2.75) is 0 Å². The minimum Gasteiger partial charge on any atom is -0.352 e. The summed E-state index contributed by atoms with van der Waals surface area (Å²) < 4.78 is 1.63. The number of nitrogens with zero attached hydrogens (tertiary/aromatic N) is 7. The van der Waals surface area contributed by atoms with E-state index in [4.69, 9.17) is 0 Å². The molecule has 0 atom stereocenters. The highest BCUT2D eigenvalue weighted by molar-refractivity contribution is 5.91. The van der Waals surface area contributed by atoms with Crippen LogP contribution in [0, 0.1) is 0 Å². The maximum absolute atomic E-state index is 12.6. The molecule has 2 amide bonds. The molecule has 1 N–H and O–H groups in total. The molecule has 3 aromatic rings. The second-order valence-electron chi connectivity index (χ2n) is 5.79. The number of nitrogens with one attached hydrogen (secondary N) is 1. The van der Waals surface area contributed by atoms with E-state index in [0.29, 0.717) is 37.7 Å². The summed E-state index contributed by atoms with van der Waals surface area (Å²) >= 11 is 0. The van der Waals surface area contributed by atoms with Crippen LogP contribution in [0.4, 0.5) is 16.3 Å². The van der Waals surface area contributed by atoms with Crippen molar-refractivity contribution in [1.82, 2.24) is 29.6 Å². The summed E-state index contributed by atoms with van der Waals surface area (Å²) in [6.07, 6.45) is 10.2. The first kappa shape index (κ1) is 16.0. The number of carbonyl (C=O) groups is 1. The Labute approximate surface area is 150 Å². The van der Waals surface area contributed by atoms with Crippen LogP contribution in [0.15, 0.2) is 55.4 Å². The minimum atomic E-state index is -0.148. The van der Waals surface area contributed by atoms with E-state index in [-0.39, 0.29) is 6.03 Å². The Bertz CT molecular complexity index is 859. The van der Waals surface area contributed by atoms with Gasteiger partial charge in [-0.3, -0.25) is 4.98 Å². The summed E-state index contributed by atoms with van der Waals surface area (Å²) in [7, 11) is 0. The SMILES string of the molecule is O=C(Nc1cccnc1-n1cccn1)N1CCN(c2cnccn2)CC1. The molecule has 3 aromatic heterocycles. The predicted octanol–water partition coefficient (Wildman–Crippen LogP) is 1.41. The van der Waals surface area contributed by atoms with Crippen LogP contribution in [0.5, 0.6) is 0 Å². The highest BCUT2D eigenvalue weighted by atomic mass is 16.2. The third-order valence-electron chi connectivity index (χ3n) is 4.19. The number of hydrogen-bond donors (Lipinski definition) is 1. The molecule has 0 aliphatic carbocycles. The third kappa shape index (κ3) is 3.32. The molecule has 26 heavy (non-hydrogen) atoms. The molecule has 4 heterocycles. The maximum atomic E-state index is 12.6. The Morgan fingerprint density at radius 3 is 2.62 bits per heavy atom. The van der Waals surface area contributed by atoms with Crippen LogP contribution in [-0.4, -0.2) is 61.8 Å². The maximum Gasteiger partial charge on any atom is 0.322 e. The topological polar surface area (TPSA) is 92.1 Å². The lowest BCUT2D eigenvalue weighted by Crippen LogP contribution is -2.50. The zero-order chi connectivity index (χ0) is 17.8. The fraction of sp³-hybridized carbons (Fsp3) is 0.235. The second kappa shape index (κ2) is 7.18. The third-order valence-corrected chi connectivity index (χ3v) is 4.19. The van der Waals surface area contributed by atoms with Gasteiger partial charge in [-0.15, -0.1) is 0 Å². The minimum absolute atomic E-state index is 0.148. The van der Waals surface area contributed by atoms with Gasteiger partial charge in [0.05, 0.1) is 11.9 Å². The van der Waals surface area contributed by atoms with Gasteiger partial charge in [0.15, 0.2) is 5.82 Å². The molecular weight excluding hydrogens is 332 g/mol. The van der Waals surface area contributed by atoms with Gasteiger partial charge in [-0.2, -0.15) is 5.10 Å². The summed E-state index contributed by atoms with van der Waals surface area (Å²) in [6, 6.07) is 5.27. The lowest BCUT2D eigenvalue weighted by Gasteiger charge is -2.35. The molecule has 1 aliphatic rings. The highest BCUT2D eigenvalue weighted by Crippen LogP contribution is 2.18. The van der Waals surface area contributed by atoms with E-state index in [0.717, 1.165) is 5.82 Å². The van der Waals surface area contributed by atoms with Gasteiger partial charge >= 0.3 is 6.03 Å². The van der Waals surface area contributed by atoms with Crippen molar-refractivity contribution < 1.29 is 4.79 Å². The van der Waals surface area contributed by atoms with E-state index < -0.39 is 0 Å². The van der Waals surface area contributed by atoms with E-state index >= 15 is 0 Å². The van der Waals surface area contributed by atoms with E-state index in [1.54, 1.807) is 52.8 Å². The Hall–Kier alpha value is -3.49. The number of anilines is 2. The average molecular weight is 350 g/mol. The standard InChI is InChI=1S/C17H18N8O/c26-17(22-14-3-1-4-20-16(14)25-8-2-5-21-25)24-11-9-23(10-12-24)15-13-18-6-7-19-15/h1-8,13H,9-12H2,(H,22,26). The number of urea groups is 1. The summed E-state index contributed by atoms with van der Waals surface area (Å²) in [6.45, 7) is 2.65. The molecule has 0 radical (unpaired) electrons. The van der Waals surface area contributed by atoms with Crippen molar-refractivity contribution in [2.24, 2.45) is 0 Å². The number of pyridine rings is 1. The number of carbonyl (C=O) groups excluding carboxylic acids is 1. The number of rotatable bonds is 3. The van der Waals surface area contributed by atoms with Gasteiger partial charge in [0.1, 0.15) is 5.82 Å². The fourth-order valence-corrected chi connectivity index (χ4v) is 2.86. The van der Waals surface area contributed by atoms with Crippen molar-refractivity contribution in [3.8, 4) is 5.82 Å². The quantitative estimate of drug-likeness (QED) is 0.768. The van der Waals surface area contributed by atoms with Crippen LogP contribution in [0.3, 0.4) is 0 Å². The van der Waals surface area contributed by atoms with E-state index in [1.165, 1.54) is 0 Å². The number of piperazine rings is 1. The smallest absolute Gasteiger partial charge is 0.322 e. The Kier molecular flexibility index (Phi) is 4.42. The van der Waals surface area contributed by atoms with Gasteiger partial charge in [0, 0.05) is 57.2 Å². The summed E-state index contributed by atoms with van der Waals surface area (Å²) in [5.74, 6) is 1.42. The molecule has 1 fully saturated rings. The first-order chi connectivity index (χ1) is 12.8. The number of hydrogen-bond acceptors (Lipinski definition) is 6. The Morgan fingerprint density at radius 2 is 1.88 bits per heavy atom. The molecule has 9 heteroatoms. The molecule has 9 nitrogen and oxygen atoms in total. The Balaban J connectivity index is 1.41. The van der Waals surface area contributed by atoms with Crippen LogP contribution in [0.2, 0.25) is 0 Å². The fourth-order valence-electron chi connectivity index (χ4n) is 2.86. The second-order valence-corrected chi connectivity index (χ2v) is 5.79. The van der Waals surface area contributed by atoms with Gasteiger partial charge in [0.2, 0.25) is 0 Å². The summed E-state index contributed by atoms with van der Waals surface area (Å²) in [5, 5.41) is 7.12. The average Bonchev–Trinajstić information content (AvgIpc) is 3.24. The molecule has 132 valence electrons. The highest BCUT2D eigenvalue weighted by Gasteiger charge is 2.22. The first-order valence-corrected chi connectivity index (χ1v) is 8.33. The van der Waals surface area contributed by atoms with Crippen LogP contribution >= 0.6 is 0 Å². The molecule has 4 rings (SSSR count). The van der Waals surface area contributed by atoms with Gasteiger partial charge in [-0.25, -0.2) is 19.4 Å². The Morgan fingerprint density at radius 1 is 1.00 bits per heavy atom. The zero-order valence-corrected chi connectivity index (χ0v) is 14.1. The van der Waals surface area contributed by atoms with Gasteiger partial charge in [-0.1, -0.05) is 0 Å².